The molecule has 2 aliphatic rings. The summed E-state index contributed by atoms with van der Waals surface area (Å²) in [6, 6.07) is 1.02. The lowest BCUT2D eigenvalue weighted by atomic mass is 9.85. The van der Waals surface area contributed by atoms with Gasteiger partial charge in [0.05, 0.1) is 11.7 Å². The molecule has 0 aromatic rings. The van der Waals surface area contributed by atoms with Gasteiger partial charge in [-0.2, -0.15) is 0 Å². The van der Waals surface area contributed by atoms with Gasteiger partial charge in [-0.1, -0.05) is 41.0 Å². The summed E-state index contributed by atoms with van der Waals surface area (Å²) in [5.41, 5.74) is 3.92. The molecule has 0 bridgehead atoms. The van der Waals surface area contributed by atoms with Gasteiger partial charge < -0.3 is 5.32 Å². The lowest BCUT2D eigenvalue weighted by Crippen LogP contribution is -2.42. The van der Waals surface area contributed by atoms with Crippen LogP contribution in [0.2, 0.25) is 0 Å². The summed E-state index contributed by atoms with van der Waals surface area (Å²) in [6.07, 6.45) is 9.63. The predicted molar refractivity (Wildman–Crippen MR) is 115 cm³/mol. The van der Waals surface area contributed by atoms with Gasteiger partial charge in [-0.3, -0.25) is 9.89 Å². The van der Waals surface area contributed by atoms with Gasteiger partial charge in [0.15, 0.2) is 0 Å². The Kier molecular flexibility index (Phi) is 7.12. The molecule has 0 aromatic carbocycles. The van der Waals surface area contributed by atoms with Gasteiger partial charge in [-0.15, -0.1) is 0 Å². The van der Waals surface area contributed by atoms with Crippen LogP contribution in [0.4, 0.5) is 0 Å². The number of nitrogens with one attached hydrogen (secondary N) is 1. The number of likely N-dealkylation sites (tertiary alicyclic amines) is 1. The van der Waals surface area contributed by atoms with Crippen molar-refractivity contribution in [2.24, 2.45) is 22.2 Å². The zero-order valence-electron chi connectivity index (χ0n) is 18.4. The minimum absolute atomic E-state index is 0.173. The van der Waals surface area contributed by atoms with Gasteiger partial charge in [0.1, 0.15) is 0 Å². The number of allylic oxidation sites excluding steroid dienone is 1. The van der Waals surface area contributed by atoms with Gasteiger partial charge in [0.25, 0.3) is 0 Å². The normalized spacial score (nSPS) is 35.1. The Morgan fingerprint density at radius 2 is 1.96 bits per heavy atom. The largest absolute Gasteiger partial charge is 0.386 e. The summed E-state index contributed by atoms with van der Waals surface area (Å²) in [7, 11) is 2.30. The smallest absolute Gasteiger partial charge is 0.0734 e. The fourth-order valence-corrected chi connectivity index (χ4v) is 4.40. The van der Waals surface area contributed by atoms with E-state index in [1.54, 1.807) is 0 Å². The van der Waals surface area contributed by atoms with Crippen molar-refractivity contribution < 1.29 is 0 Å². The van der Waals surface area contributed by atoms with E-state index < -0.39 is 0 Å². The quantitative estimate of drug-likeness (QED) is 0.730. The third-order valence-corrected chi connectivity index (χ3v) is 6.18. The van der Waals surface area contributed by atoms with Crippen LogP contribution in [0.5, 0.6) is 0 Å². The molecular formula is C23H41N3. The monoisotopic (exact) mass is 359 g/mol. The van der Waals surface area contributed by atoms with E-state index in [9.17, 15) is 0 Å². The topological polar surface area (TPSA) is 27.6 Å². The molecule has 1 saturated heterocycles. The van der Waals surface area contributed by atoms with E-state index in [0.717, 1.165) is 24.1 Å². The van der Waals surface area contributed by atoms with Crippen LogP contribution in [0.1, 0.15) is 74.1 Å². The van der Waals surface area contributed by atoms with E-state index in [2.05, 4.69) is 78.0 Å². The Morgan fingerprint density at radius 1 is 1.27 bits per heavy atom. The Morgan fingerprint density at radius 3 is 2.58 bits per heavy atom. The molecule has 0 saturated carbocycles. The predicted octanol–water partition coefficient (Wildman–Crippen LogP) is 5.40. The fourth-order valence-electron chi connectivity index (χ4n) is 4.40. The van der Waals surface area contributed by atoms with E-state index in [1.165, 1.54) is 37.0 Å². The van der Waals surface area contributed by atoms with E-state index in [0.29, 0.717) is 12.1 Å². The molecule has 1 N–H and O–H groups in total. The third kappa shape index (κ3) is 5.45. The number of rotatable bonds is 3. The molecule has 1 fully saturated rings. The second-order valence-corrected chi connectivity index (χ2v) is 9.87. The van der Waals surface area contributed by atoms with Crippen LogP contribution in [-0.4, -0.2) is 36.3 Å². The minimum atomic E-state index is 0.173. The van der Waals surface area contributed by atoms with Crippen molar-refractivity contribution in [1.29, 1.82) is 0 Å². The van der Waals surface area contributed by atoms with E-state index in [4.69, 9.17) is 4.99 Å². The highest BCUT2D eigenvalue weighted by molar-refractivity contribution is 5.94. The fraction of sp³-hybridized carbons (Fsp3) is 0.783. The molecule has 0 radical (unpaired) electrons. The maximum Gasteiger partial charge on any atom is 0.0734 e. The summed E-state index contributed by atoms with van der Waals surface area (Å²) in [5.74, 6) is 1.57. The van der Waals surface area contributed by atoms with Crippen LogP contribution in [0, 0.1) is 17.3 Å². The molecule has 3 nitrogen and oxygen atoms in total. The van der Waals surface area contributed by atoms with Crippen molar-refractivity contribution in [3.05, 3.63) is 23.5 Å². The van der Waals surface area contributed by atoms with E-state index >= 15 is 0 Å². The summed E-state index contributed by atoms with van der Waals surface area (Å²) in [5, 5.41) is 3.55. The van der Waals surface area contributed by atoms with Crippen LogP contribution < -0.4 is 5.32 Å². The summed E-state index contributed by atoms with van der Waals surface area (Å²) in [4.78, 5) is 7.62. The first kappa shape index (κ1) is 21.2. The molecule has 0 aromatic heterocycles. The first-order chi connectivity index (χ1) is 12.1. The van der Waals surface area contributed by atoms with Gasteiger partial charge in [-0.05, 0) is 69.1 Å². The van der Waals surface area contributed by atoms with Crippen molar-refractivity contribution in [1.82, 2.24) is 10.2 Å². The molecular weight excluding hydrogens is 318 g/mol. The first-order valence-electron chi connectivity index (χ1n) is 10.5. The average molecular weight is 360 g/mol. The summed E-state index contributed by atoms with van der Waals surface area (Å²) < 4.78 is 0. The van der Waals surface area contributed by atoms with Crippen LogP contribution in [0.3, 0.4) is 0 Å². The van der Waals surface area contributed by atoms with Crippen molar-refractivity contribution >= 4 is 5.71 Å². The van der Waals surface area contributed by atoms with Crippen molar-refractivity contribution in [3.63, 3.8) is 0 Å². The SMILES string of the molecule is CC1=N\C(C2CCC[C@@H](CC(C)C)C(C)N2C)=C/NC/C(C(C)(C)C)=C\1. The lowest BCUT2D eigenvalue weighted by Gasteiger charge is -2.35. The molecule has 26 heavy (non-hydrogen) atoms. The molecule has 2 unspecified atom stereocenters. The van der Waals surface area contributed by atoms with Crippen molar-refractivity contribution in [3.8, 4) is 0 Å². The summed E-state index contributed by atoms with van der Waals surface area (Å²) in [6.45, 7) is 17.0. The summed E-state index contributed by atoms with van der Waals surface area (Å²) >= 11 is 0. The highest BCUT2D eigenvalue weighted by Crippen LogP contribution is 2.33. The molecule has 0 amide bonds. The van der Waals surface area contributed by atoms with Gasteiger partial charge >= 0.3 is 0 Å². The van der Waals surface area contributed by atoms with Gasteiger partial charge in [0, 0.05) is 24.5 Å². The number of likely N-dealkylation sites (N-methyl/N-ethyl adjacent to an activating group) is 1. The standard InChI is InChI=1S/C23H41N3/c1-16(2)12-19-10-9-11-22(26(8)18(19)4)21-15-24-14-20(23(5,6)7)13-17(3)25-21/h13,15-16,18-19,22,24H,9-12,14H2,1-8H3/b20-13+,21-15-,25-17+/t18?,19-,22?/m0/s1. The Balaban J connectivity index is 2.22. The molecule has 2 aliphatic heterocycles. The zero-order valence-corrected chi connectivity index (χ0v) is 18.4. The molecule has 0 spiro atoms. The maximum absolute atomic E-state index is 5.03. The Bertz CT molecular complexity index is 562. The van der Waals surface area contributed by atoms with Crippen LogP contribution in [0.25, 0.3) is 0 Å². The average Bonchev–Trinajstić information content (AvgIpc) is 2.63. The molecule has 148 valence electrons. The second kappa shape index (κ2) is 8.73. The zero-order chi connectivity index (χ0) is 19.5. The number of hydrogen-bond acceptors (Lipinski definition) is 3. The number of hydrogen-bond donors (Lipinski definition) is 1. The molecule has 2 heterocycles. The van der Waals surface area contributed by atoms with Gasteiger partial charge in [0.2, 0.25) is 0 Å². The Hall–Kier alpha value is -1.09. The second-order valence-electron chi connectivity index (χ2n) is 9.87. The van der Waals surface area contributed by atoms with E-state index in [-0.39, 0.29) is 5.41 Å². The first-order valence-corrected chi connectivity index (χ1v) is 10.5. The molecule has 0 aliphatic carbocycles. The highest BCUT2D eigenvalue weighted by Gasteiger charge is 2.32. The lowest BCUT2D eigenvalue weighted by molar-refractivity contribution is 0.154. The molecule has 3 atom stereocenters. The highest BCUT2D eigenvalue weighted by atomic mass is 15.2. The van der Waals surface area contributed by atoms with Crippen molar-refractivity contribution in [2.75, 3.05) is 13.6 Å². The minimum Gasteiger partial charge on any atom is -0.386 e. The maximum atomic E-state index is 5.03. The molecule has 2 rings (SSSR count). The van der Waals surface area contributed by atoms with Crippen LogP contribution in [-0.2, 0) is 0 Å². The van der Waals surface area contributed by atoms with Crippen LogP contribution in [0.15, 0.2) is 28.5 Å². The van der Waals surface area contributed by atoms with Crippen molar-refractivity contribution in [2.45, 2.75) is 86.2 Å². The number of aliphatic imine (C=N–C) groups is 1. The van der Waals surface area contributed by atoms with E-state index in [1.807, 2.05) is 0 Å². The molecule has 3 heteroatoms. The number of nitrogens with zero attached hydrogens (tertiary/aromatic N) is 2. The van der Waals surface area contributed by atoms with Crippen LogP contribution >= 0.6 is 0 Å². The third-order valence-electron chi connectivity index (χ3n) is 6.18. The van der Waals surface area contributed by atoms with Gasteiger partial charge in [-0.25, -0.2) is 0 Å². The Labute approximate surface area is 162 Å².